The second-order valence-corrected chi connectivity index (χ2v) is 4.49. The molecule has 0 saturated carbocycles. The molecular weight excluding hydrogens is 258 g/mol. The largest absolute Gasteiger partial charge is 0.393 e. The van der Waals surface area contributed by atoms with Crippen LogP contribution in [0, 0.1) is 0 Å². The molecule has 0 bridgehead atoms. The van der Waals surface area contributed by atoms with Crippen LogP contribution in [0.25, 0.3) is 5.82 Å². The summed E-state index contributed by atoms with van der Waals surface area (Å²) in [5, 5.41) is 15.9. The van der Waals surface area contributed by atoms with E-state index in [0.29, 0.717) is 24.3 Å². The first-order valence-corrected chi connectivity index (χ1v) is 6.44. The van der Waals surface area contributed by atoms with E-state index in [1.807, 2.05) is 0 Å². The Kier molecular flexibility index (Phi) is 4.78. The van der Waals surface area contributed by atoms with Crippen LogP contribution >= 0.6 is 0 Å². The number of pyridine rings is 1. The van der Waals surface area contributed by atoms with Crippen LogP contribution in [0.15, 0.2) is 31.0 Å². The van der Waals surface area contributed by atoms with Crippen LogP contribution in [0.3, 0.4) is 0 Å². The molecule has 1 atom stereocenters. The molecule has 106 valence electrons. The van der Waals surface area contributed by atoms with Crippen molar-refractivity contribution in [3.8, 4) is 5.82 Å². The molecular formula is C13H17N5O2. The molecule has 0 aliphatic rings. The van der Waals surface area contributed by atoms with Gasteiger partial charge in [0.15, 0.2) is 5.82 Å². The van der Waals surface area contributed by atoms with Crippen molar-refractivity contribution >= 4 is 5.91 Å². The summed E-state index contributed by atoms with van der Waals surface area (Å²) < 4.78 is 1.52. The lowest BCUT2D eigenvalue weighted by molar-refractivity contribution is 0.0949. The van der Waals surface area contributed by atoms with Gasteiger partial charge in [0.1, 0.15) is 12.7 Å². The minimum absolute atomic E-state index is 0.173. The first-order chi connectivity index (χ1) is 9.66. The topological polar surface area (TPSA) is 92.9 Å². The van der Waals surface area contributed by atoms with Crippen LogP contribution in [0.4, 0.5) is 0 Å². The molecule has 1 unspecified atom stereocenters. The van der Waals surface area contributed by atoms with E-state index < -0.39 is 0 Å². The summed E-state index contributed by atoms with van der Waals surface area (Å²) in [6, 6.07) is 3.40. The summed E-state index contributed by atoms with van der Waals surface area (Å²) in [6.45, 7) is 2.27. The lowest BCUT2D eigenvalue weighted by atomic mass is 10.2. The normalized spacial score (nSPS) is 12.1. The van der Waals surface area contributed by atoms with Crippen LogP contribution in [-0.2, 0) is 0 Å². The third-order valence-corrected chi connectivity index (χ3v) is 2.75. The second-order valence-electron chi connectivity index (χ2n) is 4.49. The van der Waals surface area contributed by atoms with Crippen molar-refractivity contribution in [2.24, 2.45) is 0 Å². The van der Waals surface area contributed by atoms with E-state index in [1.165, 1.54) is 23.5 Å². The van der Waals surface area contributed by atoms with Crippen LogP contribution < -0.4 is 5.32 Å². The summed E-state index contributed by atoms with van der Waals surface area (Å²) in [6.07, 6.45) is 5.54. The SMILES string of the molecule is CC(O)CCCNC(=O)c1ccc(-n2cncn2)nc1. The van der Waals surface area contributed by atoms with Gasteiger partial charge in [-0.2, -0.15) is 5.10 Å². The fraction of sp³-hybridized carbons (Fsp3) is 0.385. The Bertz CT molecular complexity index is 536. The summed E-state index contributed by atoms with van der Waals surface area (Å²) in [4.78, 5) is 19.8. The molecule has 7 heteroatoms. The average Bonchev–Trinajstić information content (AvgIpc) is 2.97. The molecule has 2 rings (SSSR count). The molecule has 0 aliphatic heterocycles. The van der Waals surface area contributed by atoms with Gasteiger partial charge in [-0.05, 0) is 31.9 Å². The van der Waals surface area contributed by atoms with Gasteiger partial charge >= 0.3 is 0 Å². The zero-order valence-corrected chi connectivity index (χ0v) is 11.2. The van der Waals surface area contributed by atoms with Gasteiger partial charge in [-0.15, -0.1) is 0 Å². The van der Waals surface area contributed by atoms with Crippen molar-refractivity contribution < 1.29 is 9.90 Å². The Hall–Kier alpha value is -2.28. The molecule has 0 saturated heterocycles. The molecule has 2 aromatic rings. The molecule has 0 aliphatic carbocycles. The Morgan fingerprint density at radius 1 is 1.50 bits per heavy atom. The molecule has 2 heterocycles. The summed E-state index contributed by atoms with van der Waals surface area (Å²) in [5.74, 6) is 0.432. The standard InChI is InChI=1S/C13H17N5O2/c1-10(19)3-2-6-15-13(20)11-4-5-12(16-7-11)18-9-14-8-17-18/h4-5,7-10,19H,2-3,6H2,1H3,(H,15,20). The molecule has 1 amide bonds. The fourth-order valence-electron chi connectivity index (χ4n) is 1.68. The number of carbonyl (C=O) groups is 1. The van der Waals surface area contributed by atoms with E-state index in [0.717, 1.165) is 6.42 Å². The number of nitrogens with one attached hydrogen (secondary N) is 1. The number of nitrogens with zero attached hydrogens (tertiary/aromatic N) is 4. The molecule has 0 fully saturated rings. The van der Waals surface area contributed by atoms with Gasteiger partial charge in [0, 0.05) is 12.7 Å². The van der Waals surface area contributed by atoms with Gasteiger partial charge < -0.3 is 10.4 Å². The number of aromatic nitrogens is 4. The molecule has 0 aromatic carbocycles. The highest BCUT2D eigenvalue weighted by Crippen LogP contribution is 2.04. The zero-order valence-electron chi connectivity index (χ0n) is 11.2. The van der Waals surface area contributed by atoms with Gasteiger partial charge in [-0.3, -0.25) is 4.79 Å². The Morgan fingerprint density at radius 3 is 2.95 bits per heavy atom. The fourth-order valence-corrected chi connectivity index (χ4v) is 1.68. The molecule has 0 spiro atoms. The summed E-state index contributed by atoms with van der Waals surface area (Å²) >= 11 is 0. The second kappa shape index (κ2) is 6.76. The maximum Gasteiger partial charge on any atom is 0.252 e. The number of hydrogen-bond donors (Lipinski definition) is 2. The quantitative estimate of drug-likeness (QED) is 0.751. The van der Waals surface area contributed by atoms with Gasteiger partial charge in [-0.1, -0.05) is 0 Å². The van der Waals surface area contributed by atoms with Crippen molar-refractivity contribution in [1.82, 2.24) is 25.1 Å². The van der Waals surface area contributed by atoms with E-state index in [9.17, 15) is 4.79 Å². The van der Waals surface area contributed by atoms with Crippen molar-refractivity contribution in [2.75, 3.05) is 6.54 Å². The first kappa shape index (κ1) is 14.1. The molecule has 2 N–H and O–H groups in total. The average molecular weight is 275 g/mol. The van der Waals surface area contributed by atoms with E-state index in [-0.39, 0.29) is 12.0 Å². The summed E-state index contributed by atoms with van der Waals surface area (Å²) in [7, 11) is 0. The van der Waals surface area contributed by atoms with E-state index in [2.05, 4.69) is 20.4 Å². The van der Waals surface area contributed by atoms with Gasteiger partial charge in [0.05, 0.1) is 11.7 Å². The maximum atomic E-state index is 11.8. The maximum absolute atomic E-state index is 11.8. The third kappa shape index (κ3) is 3.86. The van der Waals surface area contributed by atoms with Crippen molar-refractivity contribution in [3.63, 3.8) is 0 Å². The van der Waals surface area contributed by atoms with Gasteiger partial charge in [0.2, 0.25) is 0 Å². The highest BCUT2D eigenvalue weighted by molar-refractivity contribution is 5.93. The van der Waals surface area contributed by atoms with Crippen LogP contribution in [0.5, 0.6) is 0 Å². The van der Waals surface area contributed by atoms with E-state index >= 15 is 0 Å². The number of rotatable bonds is 6. The molecule has 20 heavy (non-hydrogen) atoms. The van der Waals surface area contributed by atoms with E-state index in [1.54, 1.807) is 19.1 Å². The van der Waals surface area contributed by atoms with Crippen molar-refractivity contribution in [1.29, 1.82) is 0 Å². The molecule has 7 nitrogen and oxygen atoms in total. The van der Waals surface area contributed by atoms with Crippen molar-refractivity contribution in [3.05, 3.63) is 36.5 Å². The van der Waals surface area contributed by atoms with Crippen LogP contribution in [0.1, 0.15) is 30.1 Å². The smallest absolute Gasteiger partial charge is 0.252 e. The minimum atomic E-state index is -0.337. The predicted octanol–water partition coefficient (Wildman–Crippen LogP) is 0.553. The highest BCUT2D eigenvalue weighted by Gasteiger charge is 2.06. The monoisotopic (exact) mass is 275 g/mol. The lowest BCUT2D eigenvalue weighted by Crippen LogP contribution is -2.25. The van der Waals surface area contributed by atoms with Crippen LogP contribution in [0.2, 0.25) is 0 Å². The number of carbonyl (C=O) groups excluding carboxylic acids is 1. The molecule has 2 aromatic heterocycles. The Morgan fingerprint density at radius 2 is 2.35 bits per heavy atom. The molecule has 0 radical (unpaired) electrons. The van der Waals surface area contributed by atoms with Crippen molar-refractivity contribution in [2.45, 2.75) is 25.9 Å². The number of aliphatic hydroxyl groups is 1. The number of aliphatic hydroxyl groups excluding tert-OH is 1. The zero-order chi connectivity index (χ0) is 14.4. The summed E-state index contributed by atoms with van der Waals surface area (Å²) in [5.41, 5.74) is 0.492. The van der Waals surface area contributed by atoms with E-state index in [4.69, 9.17) is 5.11 Å². The van der Waals surface area contributed by atoms with Crippen LogP contribution in [-0.4, -0.2) is 43.4 Å². The van der Waals surface area contributed by atoms with Gasteiger partial charge in [0.25, 0.3) is 5.91 Å². The third-order valence-electron chi connectivity index (χ3n) is 2.75. The Labute approximate surface area is 116 Å². The minimum Gasteiger partial charge on any atom is -0.393 e. The Balaban J connectivity index is 1.88. The highest BCUT2D eigenvalue weighted by atomic mass is 16.3. The first-order valence-electron chi connectivity index (χ1n) is 6.44. The number of hydrogen-bond acceptors (Lipinski definition) is 5. The number of amides is 1. The van der Waals surface area contributed by atoms with Gasteiger partial charge in [-0.25, -0.2) is 14.6 Å². The lowest BCUT2D eigenvalue weighted by Gasteiger charge is -2.07. The predicted molar refractivity (Wildman–Crippen MR) is 72.4 cm³/mol.